The Balaban J connectivity index is 0.000000378. The number of nitrogens with zero attached hydrogens (tertiary/aromatic N) is 3. The van der Waals surface area contributed by atoms with Gasteiger partial charge in [-0.3, -0.25) is 4.79 Å². The molecule has 0 aliphatic carbocycles. The van der Waals surface area contributed by atoms with E-state index in [0.717, 1.165) is 10.00 Å². The van der Waals surface area contributed by atoms with Gasteiger partial charge in [0.1, 0.15) is 6.54 Å². The molecule has 1 aromatic carbocycles. The van der Waals surface area contributed by atoms with Crippen LogP contribution in [0.25, 0.3) is 0 Å². The molecule has 0 unspecified atom stereocenters. The van der Waals surface area contributed by atoms with Crippen LogP contribution in [0, 0.1) is 13.8 Å². The van der Waals surface area contributed by atoms with Crippen LogP contribution in [0.4, 0.5) is 0 Å². The van der Waals surface area contributed by atoms with E-state index < -0.39 is 34.5 Å². The fourth-order valence-corrected chi connectivity index (χ4v) is 5.07. The Morgan fingerprint density at radius 3 is 1.73 bits per heavy atom. The molecule has 13 heteroatoms. The summed E-state index contributed by atoms with van der Waals surface area (Å²) in [5.41, 5.74) is 2.33. The third kappa shape index (κ3) is 10.5. The standard InChI is InChI=1S/C20H24N2O6S.C11H15NO3/c1-14(2)28-20(24)19-16(11-10-15(3)21-19)12-22(13-18(23)27-4)29(25,26)17-8-6-5-7-9-17;1-7(2)15-11(14)10-9(6-13)5-4-8(3)12-10/h5-11,14H,12-13H2,1-4H3;4-5,7,13H,6H2,1-3H3. The molecule has 0 atom stereocenters. The van der Waals surface area contributed by atoms with Gasteiger partial charge in [0.15, 0.2) is 11.4 Å². The highest BCUT2D eigenvalue weighted by atomic mass is 32.2. The maximum atomic E-state index is 13.1. The Labute approximate surface area is 258 Å². The van der Waals surface area contributed by atoms with Gasteiger partial charge in [0.2, 0.25) is 10.0 Å². The SMILES string of the molecule is COC(=O)CN(Cc1ccc(C)nc1C(=O)OC(C)C)S(=O)(=O)c1ccccc1.Cc1ccc(CO)c(C(=O)OC(C)C)n1. The number of hydrogen-bond donors (Lipinski definition) is 1. The molecule has 44 heavy (non-hydrogen) atoms. The number of aliphatic hydroxyl groups excluding tert-OH is 1. The van der Waals surface area contributed by atoms with Crippen LogP contribution in [0.5, 0.6) is 0 Å². The second-order valence-electron chi connectivity index (χ2n) is 10.1. The third-order valence-corrected chi connectivity index (χ3v) is 7.55. The Morgan fingerprint density at radius 1 is 0.795 bits per heavy atom. The maximum Gasteiger partial charge on any atom is 0.357 e. The number of esters is 3. The topological polar surface area (TPSA) is 162 Å². The lowest BCUT2D eigenvalue weighted by Gasteiger charge is -2.22. The van der Waals surface area contributed by atoms with Gasteiger partial charge in [0, 0.05) is 29.1 Å². The molecule has 0 saturated carbocycles. The predicted octanol–water partition coefficient (Wildman–Crippen LogP) is 3.77. The predicted molar refractivity (Wildman–Crippen MR) is 161 cm³/mol. The number of methoxy groups -OCH3 is 1. The molecule has 0 aliphatic rings. The van der Waals surface area contributed by atoms with Crippen molar-refractivity contribution >= 4 is 27.9 Å². The normalized spacial score (nSPS) is 11.2. The lowest BCUT2D eigenvalue weighted by Crippen LogP contribution is -2.36. The first-order valence-electron chi connectivity index (χ1n) is 13.8. The zero-order chi connectivity index (χ0) is 33.0. The lowest BCUT2D eigenvalue weighted by molar-refractivity contribution is -0.140. The Kier molecular flexibility index (Phi) is 13.6. The van der Waals surface area contributed by atoms with Gasteiger partial charge >= 0.3 is 17.9 Å². The molecule has 1 N–H and O–H groups in total. The summed E-state index contributed by atoms with van der Waals surface area (Å²) in [5, 5.41) is 9.04. The molecule has 2 heterocycles. The molecule has 12 nitrogen and oxygen atoms in total. The van der Waals surface area contributed by atoms with Crippen molar-refractivity contribution in [3.05, 3.63) is 88.5 Å². The zero-order valence-electron chi connectivity index (χ0n) is 25.9. The first-order chi connectivity index (χ1) is 20.7. The smallest absolute Gasteiger partial charge is 0.357 e. The van der Waals surface area contributed by atoms with Crippen molar-refractivity contribution in [3.8, 4) is 0 Å². The Bertz CT molecular complexity index is 1540. The summed E-state index contributed by atoms with van der Waals surface area (Å²) < 4.78 is 42.0. The van der Waals surface area contributed by atoms with Crippen LogP contribution >= 0.6 is 0 Å². The largest absolute Gasteiger partial charge is 0.468 e. The highest BCUT2D eigenvalue weighted by Crippen LogP contribution is 2.21. The molecule has 0 aliphatic heterocycles. The van der Waals surface area contributed by atoms with Crippen LogP contribution in [0.2, 0.25) is 0 Å². The van der Waals surface area contributed by atoms with Gasteiger partial charge in [-0.15, -0.1) is 0 Å². The van der Waals surface area contributed by atoms with E-state index in [9.17, 15) is 22.8 Å². The molecule has 0 bridgehead atoms. The first kappa shape index (κ1) is 36.0. The lowest BCUT2D eigenvalue weighted by atomic mass is 10.1. The molecule has 0 amide bonds. The monoisotopic (exact) mass is 629 g/mol. The number of aromatic nitrogens is 2. The van der Waals surface area contributed by atoms with Crippen molar-refractivity contribution < 1.29 is 42.1 Å². The summed E-state index contributed by atoms with van der Waals surface area (Å²) in [6.45, 7) is 9.47. The van der Waals surface area contributed by atoms with Gasteiger partial charge in [-0.05, 0) is 65.8 Å². The third-order valence-electron chi connectivity index (χ3n) is 5.74. The van der Waals surface area contributed by atoms with Gasteiger partial charge in [0.05, 0.1) is 30.8 Å². The number of carbonyl (C=O) groups is 3. The second kappa shape index (κ2) is 16.6. The van der Waals surface area contributed by atoms with E-state index in [-0.39, 0.29) is 41.6 Å². The minimum absolute atomic E-state index is 0.0110. The molecule has 0 radical (unpaired) electrons. The summed E-state index contributed by atoms with van der Waals surface area (Å²) >= 11 is 0. The number of hydrogen-bond acceptors (Lipinski definition) is 11. The molecule has 0 fully saturated rings. The summed E-state index contributed by atoms with van der Waals surface area (Å²) in [7, 11) is -2.85. The van der Waals surface area contributed by atoms with Crippen molar-refractivity contribution in [2.75, 3.05) is 13.7 Å². The number of carbonyl (C=O) groups excluding carboxylic acids is 3. The summed E-state index contributed by atoms with van der Waals surface area (Å²) in [6.07, 6.45) is -0.553. The quantitative estimate of drug-likeness (QED) is 0.243. The van der Waals surface area contributed by atoms with Crippen LogP contribution < -0.4 is 0 Å². The number of sulfonamides is 1. The second-order valence-corrected chi connectivity index (χ2v) is 12.1. The fraction of sp³-hybridized carbons (Fsp3) is 0.387. The van der Waals surface area contributed by atoms with Gasteiger partial charge in [0.25, 0.3) is 0 Å². The summed E-state index contributed by atoms with van der Waals surface area (Å²) in [5.74, 6) is -1.87. The van der Waals surface area contributed by atoms with Crippen LogP contribution in [0.3, 0.4) is 0 Å². The highest BCUT2D eigenvalue weighted by Gasteiger charge is 2.29. The van der Waals surface area contributed by atoms with Crippen LogP contribution in [-0.4, -0.2) is 71.6 Å². The summed E-state index contributed by atoms with van der Waals surface area (Å²) in [4.78, 5) is 44.2. The molecule has 0 spiro atoms. The van der Waals surface area contributed by atoms with Crippen LogP contribution in [0.1, 0.15) is 71.2 Å². The van der Waals surface area contributed by atoms with Crippen molar-refractivity contribution in [2.45, 2.75) is 71.8 Å². The van der Waals surface area contributed by atoms with E-state index in [1.165, 1.54) is 19.2 Å². The summed E-state index contributed by atoms with van der Waals surface area (Å²) in [6, 6.07) is 14.4. The van der Waals surface area contributed by atoms with Gasteiger partial charge in [-0.2, -0.15) is 4.31 Å². The Hall–Kier alpha value is -4.20. The van der Waals surface area contributed by atoms with Gasteiger partial charge < -0.3 is 19.3 Å². The molecule has 2 aromatic heterocycles. The van der Waals surface area contributed by atoms with Crippen molar-refractivity contribution in [1.82, 2.24) is 14.3 Å². The molecule has 3 rings (SSSR count). The highest BCUT2D eigenvalue weighted by molar-refractivity contribution is 7.89. The molecule has 3 aromatic rings. The number of ether oxygens (including phenoxy) is 3. The van der Waals surface area contributed by atoms with E-state index >= 15 is 0 Å². The fourth-order valence-electron chi connectivity index (χ4n) is 3.69. The van der Waals surface area contributed by atoms with Crippen molar-refractivity contribution in [2.24, 2.45) is 0 Å². The number of aliphatic hydroxyl groups is 1. The van der Waals surface area contributed by atoms with Crippen molar-refractivity contribution in [1.29, 1.82) is 0 Å². The number of rotatable bonds is 11. The number of benzene rings is 1. The average molecular weight is 630 g/mol. The maximum absolute atomic E-state index is 13.1. The number of pyridine rings is 2. The van der Waals surface area contributed by atoms with E-state index in [0.29, 0.717) is 16.8 Å². The molecule has 238 valence electrons. The van der Waals surface area contributed by atoms with E-state index in [1.54, 1.807) is 84.0 Å². The molecular weight excluding hydrogens is 590 g/mol. The first-order valence-corrected chi connectivity index (χ1v) is 15.2. The van der Waals surface area contributed by atoms with Crippen LogP contribution in [-0.2, 0) is 42.2 Å². The molecule has 0 saturated heterocycles. The average Bonchev–Trinajstić information content (AvgIpc) is 2.97. The van der Waals surface area contributed by atoms with E-state index in [1.807, 2.05) is 0 Å². The van der Waals surface area contributed by atoms with Crippen LogP contribution in [0.15, 0.2) is 59.5 Å². The minimum Gasteiger partial charge on any atom is -0.468 e. The van der Waals surface area contributed by atoms with Gasteiger partial charge in [-0.25, -0.2) is 28.0 Å². The van der Waals surface area contributed by atoms with E-state index in [4.69, 9.17) is 14.6 Å². The number of aryl methyl sites for hydroxylation is 2. The van der Waals surface area contributed by atoms with Gasteiger partial charge in [-0.1, -0.05) is 30.3 Å². The zero-order valence-corrected chi connectivity index (χ0v) is 26.8. The minimum atomic E-state index is -4.03. The Morgan fingerprint density at radius 2 is 1.27 bits per heavy atom. The van der Waals surface area contributed by atoms with Crippen molar-refractivity contribution in [3.63, 3.8) is 0 Å². The van der Waals surface area contributed by atoms with E-state index in [2.05, 4.69) is 14.7 Å². The molecular formula is C31H39N3O9S.